The Morgan fingerprint density at radius 2 is 1.04 bits per heavy atom. The summed E-state index contributed by atoms with van der Waals surface area (Å²) in [6.07, 6.45) is -3.47. The lowest BCUT2D eigenvalue weighted by atomic mass is 9.91. The van der Waals surface area contributed by atoms with Gasteiger partial charge in [0.2, 0.25) is 0 Å². The van der Waals surface area contributed by atoms with Crippen LogP contribution in [0.2, 0.25) is 0 Å². The Labute approximate surface area is 332 Å². The Kier molecular flexibility index (Phi) is 16.2. The van der Waals surface area contributed by atoms with Crippen LogP contribution in [0.3, 0.4) is 0 Å². The second-order valence-corrected chi connectivity index (χ2v) is 14.8. The topological polar surface area (TPSA) is 94.1 Å². The molecule has 2 saturated heterocycles. The molecule has 4 unspecified atom stereocenters. The van der Waals surface area contributed by atoms with E-state index in [1.54, 1.807) is 0 Å². The third kappa shape index (κ3) is 11.9. The summed E-state index contributed by atoms with van der Waals surface area (Å²) in [4.78, 5) is 0. The molecule has 2 aliphatic heterocycles. The van der Waals surface area contributed by atoms with Crippen LogP contribution in [0, 0.1) is 5.92 Å². The van der Waals surface area contributed by atoms with Crippen molar-refractivity contribution in [1.82, 2.24) is 0 Å². The number of allylic oxidation sites excluding steroid dienone is 1. The predicted molar refractivity (Wildman–Crippen MR) is 214 cm³/mol. The van der Waals surface area contributed by atoms with Gasteiger partial charge in [0.25, 0.3) is 0 Å². The van der Waals surface area contributed by atoms with Crippen LogP contribution in [0.15, 0.2) is 133 Å². The lowest BCUT2D eigenvalue weighted by Crippen LogP contribution is -2.63. The Balaban J connectivity index is 1.28. The highest BCUT2D eigenvalue weighted by molar-refractivity contribution is 5.16. The molecule has 0 bridgehead atoms. The maximum atomic E-state index is 11.7. The molecule has 9 heteroatoms. The van der Waals surface area contributed by atoms with Gasteiger partial charge in [-0.25, -0.2) is 0 Å². The number of rotatable bonds is 19. The average Bonchev–Trinajstić information content (AvgIpc) is 3.22. The fourth-order valence-electron chi connectivity index (χ4n) is 7.11. The summed E-state index contributed by atoms with van der Waals surface area (Å²) in [7, 11) is 0. The van der Waals surface area contributed by atoms with Gasteiger partial charge < -0.3 is 43.0 Å². The Morgan fingerprint density at radius 1 is 0.571 bits per heavy atom. The first-order valence-electron chi connectivity index (χ1n) is 19.9. The molecule has 2 aliphatic rings. The second-order valence-electron chi connectivity index (χ2n) is 14.8. The first kappa shape index (κ1) is 41.9. The van der Waals surface area contributed by atoms with Gasteiger partial charge in [0, 0.05) is 5.92 Å². The van der Waals surface area contributed by atoms with Crippen LogP contribution >= 0.6 is 0 Å². The van der Waals surface area contributed by atoms with E-state index in [1.807, 2.05) is 128 Å². The average molecular weight is 767 g/mol. The minimum atomic E-state index is -0.972. The van der Waals surface area contributed by atoms with Crippen molar-refractivity contribution in [3.63, 3.8) is 0 Å². The van der Waals surface area contributed by atoms with Crippen LogP contribution in [0.25, 0.3) is 0 Å². The van der Waals surface area contributed by atoms with Crippen LogP contribution in [-0.4, -0.2) is 73.6 Å². The quantitative estimate of drug-likeness (QED) is 0.0949. The Bertz CT molecular complexity index is 1700. The molecule has 10 atom stereocenters. The third-order valence-corrected chi connectivity index (χ3v) is 10.3. The molecule has 1 N–H and O–H groups in total. The van der Waals surface area contributed by atoms with E-state index in [1.165, 1.54) is 0 Å². The summed E-state index contributed by atoms with van der Waals surface area (Å²) in [5.41, 5.74) is 5.22. The van der Waals surface area contributed by atoms with Crippen LogP contribution in [0.1, 0.15) is 56.4 Å². The molecule has 0 radical (unpaired) electrons. The van der Waals surface area contributed by atoms with E-state index in [9.17, 15) is 5.11 Å². The van der Waals surface area contributed by atoms with Crippen molar-refractivity contribution in [2.24, 2.45) is 5.92 Å². The highest BCUT2D eigenvalue weighted by Crippen LogP contribution is 2.36. The molecular formula is C47H58O9. The van der Waals surface area contributed by atoms with Crippen molar-refractivity contribution in [2.45, 2.75) is 116 Å². The van der Waals surface area contributed by atoms with Crippen LogP contribution < -0.4 is 0 Å². The molecule has 4 aromatic carbocycles. The van der Waals surface area contributed by atoms with E-state index in [0.717, 1.165) is 27.8 Å². The van der Waals surface area contributed by atoms with Gasteiger partial charge in [-0.3, -0.25) is 0 Å². The predicted octanol–water partition coefficient (Wildman–Crippen LogP) is 8.18. The van der Waals surface area contributed by atoms with Gasteiger partial charge in [0.05, 0.1) is 51.8 Å². The van der Waals surface area contributed by atoms with Gasteiger partial charge in [-0.15, -0.1) is 0 Å². The fraction of sp³-hybridized carbons (Fsp3) is 0.447. The van der Waals surface area contributed by atoms with E-state index in [4.69, 9.17) is 37.9 Å². The van der Waals surface area contributed by atoms with Crippen molar-refractivity contribution in [3.05, 3.63) is 155 Å². The highest BCUT2D eigenvalue weighted by Gasteiger charge is 2.52. The zero-order valence-corrected chi connectivity index (χ0v) is 33.1. The number of benzene rings is 4. The molecule has 9 nitrogen and oxygen atoms in total. The number of aliphatic hydroxyl groups excluding tert-OH is 1. The van der Waals surface area contributed by atoms with Crippen LogP contribution in [0.4, 0.5) is 0 Å². The molecule has 6 rings (SSSR count). The largest absolute Gasteiger partial charge is 0.388 e. The minimum absolute atomic E-state index is 0.133. The summed E-state index contributed by atoms with van der Waals surface area (Å²) in [6.45, 7) is 10.0. The molecule has 0 spiro atoms. The molecule has 4 aromatic rings. The lowest BCUT2D eigenvalue weighted by molar-refractivity contribution is -0.379. The molecule has 2 fully saturated rings. The molecule has 0 saturated carbocycles. The highest BCUT2D eigenvalue weighted by atomic mass is 16.8. The number of aliphatic hydroxyl groups is 1. The molecule has 56 heavy (non-hydrogen) atoms. The van der Waals surface area contributed by atoms with Crippen molar-refractivity contribution in [3.8, 4) is 0 Å². The van der Waals surface area contributed by atoms with Gasteiger partial charge in [-0.05, 0) is 42.5 Å². The van der Waals surface area contributed by atoms with E-state index in [0.29, 0.717) is 39.5 Å². The summed E-state index contributed by atoms with van der Waals surface area (Å²) in [5, 5.41) is 11.7. The van der Waals surface area contributed by atoms with E-state index in [2.05, 4.69) is 26.8 Å². The zero-order valence-electron chi connectivity index (χ0n) is 33.1. The zero-order chi connectivity index (χ0) is 39.1. The summed E-state index contributed by atoms with van der Waals surface area (Å²) in [6, 6.07) is 40.0. The normalized spacial score (nSPS) is 27.8. The molecular weight excluding hydrogens is 709 g/mol. The molecule has 300 valence electrons. The van der Waals surface area contributed by atoms with E-state index < -0.39 is 55.1 Å². The van der Waals surface area contributed by atoms with Gasteiger partial charge in [0.15, 0.2) is 12.6 Å². The number of ether oxygens (including phenoxy) is 8. The third-order valence-electron chi connectivity index (χ3n) is 10.3. The lowest BCUT2D eigenvalue weighted by Gasteiger charge is -2.49. The van der Waals surface area contributed by atoms with Crippen molar-refractivity contribution < 1.29 is 43.0 Å². The molecule has 0 amide bonds. The number of hydrogen-bond donors (Lipinski definition) is 1. The van der Waals surface area contributed by atoms with Gasteiger partial charge in [0.1, 0.15) is 30.5 Å². The van der Waals surface area contributed by atoms with E-state index in [-0.39, 0.29) is 12.7 Å². The van der Waals surface area contributed by atoms with Gasteiger partial charge >= 0.3 is 0 Å². The minimum Gasteiger partial charge on any atom is -0.388 e. The molecule has 2 heterocycles. The first-order valence-corrected chi connectivity index (χ1v) is 19.9. The van der Waals surface area contributed by atoms with Crippen LogP contribution in [-0.2, 0) is 64.3 Å². The second kappa shape index (κ2) is 21.7. The SMILES string of the molecule is CCC1O[C@H](O[C@H]2O[C@H](COCc3ccccc3)[C@@H](O)C(OCc3ccccc3)C2C)C(OCc2ccccc2)[C@@H](OCc2ccccc2)[C@@H]1OCC=C(C)C. The van der Waals surface area contributed by atoms with Crippen molar-refractivity contribution in [1.29, 1.82) is 0 Å². The molecule has 0 aromatic heterocycles. The molecule has 0 aliphatic carbocycles. The Hall–Kier alpha value is -3.74. The van der Waals surface area contributed by atoms with Crippen molar-refractivity contribution in [2.75, 3.05) is 13.2 Å². The Morgan fingerprint density at radius 3 is 1.54 bits per heavy atom. The standard InChI is InChI=1S/C47H58O9/c1-5-39-43(50-27-26-33(2)3)44(52-30-37-22-14-8-15-23-37)45(53-31-38-24-16-9-17-25-38)47(54-39)56-46-34(4)42(51-29-36-20-12-7-13-21-36)41(48)40(55-46)32-49-28-35-18-10-6-11-19-35/h6-26,34,39-48H,5,27-32H2,1-4H3/t34?,39?,40-,41-,42?,43-,44+,45?,46-,47-/m1/s1. The monoisotopic (exact) mass is 766 g/mol. The maximum Gasteiger partial charge on any atom is 0.189 e. The number of hydrogen-bond acceptors (Lipinski definition) is 9. The van der Waals surface area contributed by atoms with Crippen LogP contribution in [0.5, 0.6) is 0 Å². The first-order chi connectivity index (χ1) is 27.4. The summed E-state index contributed by atoms with van der Waals surface area (Å²) < 4.78 is 53.1. The smallest absolute Gasteiger partial charge is 0.189 e. The van der Waals surface area contributed by atoms with E-state index >= 15 is 0 Å². The fourth-order valence-corrected chi connectivity index (χ4v) is 7.11. The summed E-state index contributed by atoms with van der Waals surface area (Å²) >= 11 is 0. The maximum absolute atomic E-state index is 11.7. The van der Waals surface area contributed by atoms with Gasteiger partial charge in [-0.2, -0.15) is 0 Å². The summed E-state index contributed by atoms with van der Waals surface area (Å²) in [5.74, 6) is -0.395. The van der Waals surface area contributed by atoms with Gasteiger partial charge in [-0.1, -0.05) is 147 Å². The van der Waals surface area contributed by atoms with Crippen molar-refractivity contribution >= 4 is 0 Å².